The Morgan fingerprint density at radius 2 is 2.14 bits per heavy atom. The third kappa shape index (κ3) is 7.21. The first-order chi connectivity index (χ1) is 13.5. The molecule has 0 unspecified atom stereocenters. The number of carboxylic acid groups (broad SMARTS) is 1. The summed E-state index contributed by atoms with van der Waals surface area (Å²) in [5, 5.41) is 20.3. The van der Waals surface area contributed by atoms with Crippen molar-refractivity contribution < 1.29 is 14.7 Å². The molecule has 0 spiro atoms. The highest BCUT2D eigenvalue weighted by atomic mass is 16.4. The lowest BCUT2D eigenvalue weighted by Gasteiger charge is -2.28. The number of nitriles is 1. The third-order valence-corrected chi connectivity index (χ3v) is 4.45. The summed E-state index contributed by atoms with van der Waals surface area (Å²) in [6, 6.07) is 3.42. The van der Waals surface area contributed by atoms with Crippen LogP contribution in [-0.4, -0.2) is 58.9 Å². The fourth-order valence-electron chi connectivity index (χ4n) is 2.72. The molecule has 1 saturated heterocycles. The molecule has 1 aliphatic heterocycles. The molecule has 2 rings (SSSR count). The number of carbonyl (C=O) groups is 2. The summed E-state index contributed by atoms with van der Waals surface area (Å²) in [7, 11) is 0. The van der Waals surface area contributed by atoms with E-state index in [9.17, 15) is 9.59 Å². The zero-order valence-corrected chi connectivity index (χ0v) is 15.9. The summed E-state index contributed by atoms with van der Waals surface area (Å²) in [4.78, 5) is 32.2. The van der Waals surface area contributed by atoms with Gasteiger partial charge in [0.05, 0.1) is 17.9 Å². The highest BCUT2D eigenvalue weighted by molar-refractivity contribution is 6.06. The Kier molecular flexibility index (Phi) is 8.18. The number of nitrogens with one attached hydrogen (secondary N) is 2. The van der Waals surface area contributed by atoms with E-state index in [0.717, 1.165) is 37.9 Å². The van der Waals surface area contributed by atoms with Crippen LogP contribution in [0.2, 0.25) is 0 Å². The van der Waals surface area contributed by atoms with Crippen molar-refractivity contribution in [3.8, 4) is 6.07 Å². The van der Waals surface area contributed by atoms with Gasteiger partial charge in [0.15, 0.2) is 0 Å². The normalized spacial score (nSPS) is 16.5. The van der Waals surface area contributed by atoms with Gasteiger partial charge >= 0.3 is 5.97 Å². The fourth-order valence-corrected chi connectivity index (χ4v) is 2.72. The van der Waals surface area contributed by atoms with Gasteiger partial charge in [-0.25, -0.2) is 4.79 Å². The van der Waals surface area contributed by atoms with Gasteiger partial charge in [0.1, 0.15) is 11.8 Å². The molecule has 1 amide bonds. The monoisotopic (exact) mass is 383 g/mol. The molecule has 0 saturated carbocycles. The summed E-state index contributed by atoms with van der Waals surface area (Å²) in [5.41, 5.74) is 1.23. The van der Waals surface area contributed by atoms with E-state index in [2.05, 4.69) is 27.1 Å². The number of H-pyrrole nitrogens is 1. The van der Waals surface area contributed by atoms with Gasteiger partial charge in [0.25, 0.3) is 5.91 Å². The number of aliphatic imine (C=N–C) groups is 1. The number of amides is 1. The lowest BCUT2D eigenvalue weighted by Crippen LogP contribution is -2.33. The molecule has 148 valence electrons. The van der Waals surface area contributed by atoms with E-state index in [1.54, 1.807) is 12.2 Å². The SMILES string of the molecule is CC1CCN(C/N=C(\C=C/CNC(=O)c2cc(C#N)c[nH]2)/C=C/C(=O)O)CC1. The van der Waals surface area contributed by atoms with Crippen LogP contribution in [0.1, 0.15) is 35.8 Å². The van der Waals surface area contributed by atoms with Crippen molar-refractivity contribution in [3.05, 3.63) is 47.8 Å². The van der Waals surface area contributed by atoms with Crippen LogP contribution in [0.15, 0.2) is 41.6 Å². The maximum Gasteiger partial charge on any atom is 0.328 e. The molecule has 1 aliphatic rings. The van der Waals surface area contributed by atoms with Crippen LogP contribution in [0.25, 0.3) is 0 Å². The predicted molar refractivity (Wildman–Crippen MR) is 106 cm³/mol. The number of rotatable bonds is 8. The molecule has 2 heterocycles. The van der Waals surface area contributed by atoms with Gasteiger partial charge in [0, 0.05) is 31.9 Å². The number of nitrogens with zero attached hydrogens (tertiary/aromatic N) is 3. The average Bonchev–Trinajstić information content (AvgIpc) is 3.17. The number of hydrogen-bond donors (Lipinski definition) is 3. The molecule has 3 N–H and O–H groups in total. The highest BCUT2D eigenvalue weighted by Crippen LogP contribution is 2.15. The van der Waals surface area contributed by atoms with Crippen molar-refractivity contribution in [2.75, 3.05) is 26.3 Å². The van der Waals surface area contributed by atoms with E-state index >= 15 is 0 Å². The molecule has 1 aromatic rings. The minimum atomic E-state index is -1.04. The van der Waals surface area contributed by atoms with Crippen LogP contribution in [0.3, 0.4) is 0 Å². The number of carboxylic acids is 1. The summed E-state index contributed by atoms with van der Waals surface area (Å²) in [6.45, 7) is 4.98. The smallest absolute Gasteiger partial charge is 0.328 e. The fraction of sp³-hybridized carbons (Fsp3) is 0.400. The molecule has 0 bridgehead atoms. The first kappa shape index (κ1) is 21.1. The second kappa shape index (κ2) is 10.8. The highest BCUT2D eigenvalue weighted by Gasteiger charge is 2.14. The van der Waals surface area contributed by atoms with Gasteiger partial charge in [-0.05, 0) is 37.0 Å². The van der Waals surface area contributed by atoms with Crippen LogP contribution >= 0.6 is 0 Å². The molecular formula is C20H25N5O3. The minimum Gasteiger partial charge on any atom is -0.478 e. The van der Waals surface area contributed by atoms with E-state index in [-0.39, 0.29) is 12.5 Å². The van der Waals surface area contributed by atoms with E-state index in [4.69, 9.17) is 10.4 Å². The largest absolute Gasteiger partial charge is 0.478 e. The number of aliphatic carboxylic acids is 1. The summed E-state index contributed by atoms with van der Waals surface area (Å²) in [6.07, 6.45) is 9.62. The molecule has 0 aromatic carbocycles. The number of allylic oxidation sites excluding steroid dienone is 2. The lowest BCUT2D eigenvalue weighted by atomic mass is 10.00. The van der Waals surface area contributed by atoms with Crippen molar-refractivity contribution in [1.29, 1.82) is 5.26 Å². The van der Waals surface area contributed by atoms with Crippen molar-refractivity contribution >= 4 is 17.6 Å². The van der Waals surface area contributed by atoms with Crippen molar-refractivity contribution in [2.24, 2.45) is 10.9 Å². The summed E-state index contributed by atoms with van der Waals surface area (Å²) >= 11 is 0. The van der Waals surface area contributed by atoms with Gasteiger partial charge in [-0.3, -0.25) is 14.7 Å². The Hall–Kier alpha value is -3.18. The van der Waals surface area contributed by atoms with E-state index in [1.165, 1.54) is 18.3 Å². The van der Waals surface area contributed by atoms with Gasteiger partial charge in [-0.2, -0.15) is 5.26 Å². The van der Waals surface area contributed by atoms with Crippen LogP contribution in [0.5, 0.6) is 0 Å². The van der Waals surface area contributed by atoms with Crippen molar-refractivity contribution in [2.45, 2.75) is 19.8 Å². The van der Waals surface area contributed by atoms with Crippen LogP contribution in [-0.2, 0) is 4.79 Å². The van der Waals surface area contributed by atoms with Crippen LogP contribution in [0, 0.1) is 17.2 Å². The van der Waals surface area contributed by atoms with Crippen LogP contribution < -0.4 is 5.32 Å². The number of piperidine rings is 1. The molecule has 1 aromatic heterocycles. The topological polar surface area (TPSA) is 122 Å². The molecular weight excluding hydrogens is 358 g/mol. The first-order valence-corrected chi connectivity index (χ1v) is 9.19. The minimum absolute atomic E-state index is 0.251. The zero-order valence-electron chi connectivity index (χ0n) is 15.9. The van der Waals surface area contributed by atoms with Gasteiger partial charge in [0.2, 0.25) is 0 Å². The molecule has 0 radical (unpaired) electrons. The van der Waals surface area contributed by atoms with Crippen molar-refractivity contribution in [3.63, 3.8) is 0 Å². The maximum atomic E-state index is 12.0. The molecule has 8 nitrogen and oxygen atoms in total. The average molecular weight is 383 g/mol. The van der Waals surface area contributed by atoms with Gasteiger partial charge in [-0.1, -0.05) is 13.0 Å². The van der Waals surface area contributed by atoms with E-state index < -0.39 is 5.97 Å². The van der Waals surface area contributed by atoms with Gasteiger partial charge in [-0.15, -0.1) is 0 Å². The van der Waals surface area contributed by atoms with E-state index in [1.807, 2.05) is 6.07 Å². The molecule has 0 aliphatic carbocycles. The quantitative estimate of drug-likeness (QED) is 0.468. The Morgan fingerprint density at radius 3 is 2.79 bits per heavy atom. The zero-order chi connectivity index (χ0) is 20.4. The second-order valence-corrected chi connectivity index (χ2v) is 6.72. The second-order valence-electron chi connectivity index (χ2n) is 6.72. The number of likely N-dealkylation sites (tertiary alicyclic amines) is 1. The Morgan fingerprint density at radius 1 is 1.39 bits per heavy atom. The summed E-state index contributed by atoms with van der Waals surface area (Å²) in [5.74, 6) is -0.631. The van der Waals surface area contributed by atoms with Gasteiger partial charge < -0.3 is 15.4 Å². The Balaban J connectivity index is 1.89. The Bertz CT molecular complexity index is 808. The molecule has 0 atom stereocenters. The van der Waals surface area contributed by atoms with Crippen molar-refractivity contribution in [1.82, 2.24) is 15.2 Å². The number of aromatic amines is 1. The van der Waals surface area contributed by atoms with Crippen LogP contribution in [0.4, 0.5) is 0 Å². The summed E-state index contributed by atoms with van der Waals surface area (Å²) < 4.78 is 0. The first-order valence-electron chi connectivity index (χ1n) is 9.19. The standard InChI is InChI=1S/C20H25N5O3/c1-15-6-9-25(10-7-15)14-24-17(4-5-19(26)27)3-2-8-22-20(28)18-11-16(12-21)13-23-18/h2-5,11,13,15,23H,6-10,14H2,1H3,(H,22,28)(H,26,27)/b3-2-,5-4+,24-17+. The number of aromatic nitrogens is 1. The lowest BCUT2D eigenvalue weighted by molar-refractivity contribution is -0.131. The maximum absolute atomic E-state index is 12.0. The Labute approximate surface area is 164 Å². The third-order valence-electron chi connectivity index (χ3n) is 4.45. The number of carbonyl (C=O) groups excluding carboxylic acids is 1. The number of hydrogen-bond acceptors (Lipinski definition) is 5. The van der Waals surface area contributed by atoms with E-state index in [0.29, 0.717) is 23.6 Å². The molecule has 28 heavy (non-hydrogen) atoms. The molecule has 8 heteroatoms. The molecule has 1 fully saturated rings. The predicted octanol–water partition coefficient (Wildman–Crippen LogP) is 1.94.